The highest BCUT2D eigenvalue weighted by atomic mass is 16.1. The molecular weight excluding hydrogens is 226 g/mol. The average Bonchev–Trinajstić information content (AvgIpc) is 2.39. The van der Waals surface area contributed by atoms with Gasteiger partial charge in [-0.15, -0.1) is 0 Å². The Bertz CT molecular complexity index is 276. The molecule has 4 heteroatoms. The Labute approximate surface area is 110 Å². The van der Waals surface area contributed by atoms with Crippen LogP contribution >= 0.6 is 0 Å². The summed E-state index contributed by atoms with van der Waals surface area (Å²) in [7, 11) is 0. The van der Waals surface area contributed by atoms with Crippen molar-refractivity contribution in [3.05, 3.63) is 0 Å². The summed E-state index contributed by atoms with van der Waals surface area (Å²) in [5, 5.41) is 6.68. The molecule has 2 rings (SSSR count). The predicted molar refractivity (Wildman–Crippen MR) is 73.2 cm³/mol. The minimum atomic E-state index is 0.139. The first kappa shape index (κ1) is 13.8. The number of piperidine rings is 1. The Morgan fingerprint density at radius 2 is 2.11 bits per heavy atom. The van der Waals surface area contributed by atoms with Gasteiger partial charge in [0.2, 0.25) is 5.91 Å². The third kappa shape index (κ3) is 3.69. The number of amides is 1. The molecule has 0 bridgehead atoms. The molecule has 4 nitrogen and oxygen atoms in total. The minimum absolute atomic E-state index is 0.139. The molecule has 1 aliphatic carbocycles. The normalized spacial score (nSPS) is 34.9. The number of carbonyl (C=O) groups is 1. The largest absolute Gasteiger partial charge is 0.352 e. The Morgan fingerprint density at radius 3 is 2.78 bits per heavy atom. The monoisotopic (exact) mass is 253 g/mol. The zero-order valence-corrected chi connectivity index (χ0v) is 11.5. The van der Waals surface area contributed by atoms with Gasteiger partial charge >= 0.3 is 0 Å². The van der Waals surface area contributed by atoms with Gasteiger partial charge in [0.25, 0.3) is 0 Å². The Hall–Kier alpha value is -0.610. The predicted octanol–water partition coefficient (Wildman–Crippen LogP) is 1.15. The highest BCUT2D eigenvalue weighted by Gasteiger charge is 2.28. The van der Waals surface area contributed by atoms with E-state index in [0.29, 0.717) is 6.04 Å². The van der Waals surface area contributed by atoms with Crippen molar-refractivity contribution in [1.29, 1.82) is 0 Å². The van der Waals surface area contributed by atoms with Crippen molar-refractivity contribution >= 4 is 5.91 Å². The fraction of sp³-hybridized carbons (Fsp3) is 0.929. The Balaban J connectivity index is 1.78. The molecule has 0 radical (unpaired) electrons. The molecule has 0 aromatic heterocycles. The van der Waals surface area contributed by atoms with Gasteiger partial charge in [0.1, 0.15) is 0 Å². The van der Waals surface area contributed by atoms with E-state index in [-0.39, 0.29) is 23.9 Å². The maximum atomic E-state index is 12.2. The van der Waals surface area contributed by atoms with Crippen LogP contribution in [-0.2, 0) is 4.79 Å². The van der Waals surface area contributed by atoms with E-state index in [4.69, 9.17) is 5.73 Å². The summed E-state index contributed by atoms with van der Waals surface area (Å²) >= 11 is 0. The molecule has 1 saturated carbocycles. The van der Waals surface area contributed by atoms with Crippen LogP contribution in [0.15, 0.2) is 0 Å². The van der Waals surface area contributed by atoms with E-state index in [9.17, 15) is 4.79 Å². The Morgan fingerprint density at radius 1 is 1.28 bits per heavy atom. The molecule has 1 heterocycles. The molecular formula is C14H27N3O. The smallest absolute Gasteiger partial charge is 0.223 e. The topological polar surface area (TPSA) is 67.2 Å². The lowest BCUT2D eigenvalue weighted by Gasteiger charge is -2.32. The van der Waals surface area contributed by atoms with Crippen LogP contribution in [-0.4, -0.2) is 30.6 Å². The van der Waals surface area contributed by atoms with Crippen LogP contribution in [0.4, 0.5) is 0 Å². The molecule has 0 spiro atoms. The van der Waals surface area contributed by atoms with Crippen LogP contribution in [0.5, 0.6) is 0 Å². The molecule has 4 atom stereocenters. The van der Waals surface area contributed by atoms with Gasteiger partial charge in [0.05, 0.1) is 0 Å². The average molecular weight is 253 g/mol. The number of nitrogens with one attached hydrogen (secondary N) is 2. The van der Waals surface area contributed by atoms with Gasteiger partial charge in [0, 0.05) is 24.0 Å². The maximum Gasteiger partial charge on any atom is 0.223 e. The number of nitrogens with two attached hydrogens (primary N) is 1. The van der Waals surface area contributed by atoms with Crippen LogP contribution in [0.25, 0.3) is 0 Å². The first-order valence-electron chi connectivity index (χ1n) is 7.46. The summed E-state index contributed by atoms with van der Waals surface area (Å²) in [6.07, 6.45) is 7.73. The number of carbonyl (C=O) groups excluding carboxylic acids is 1. The zero-order valence-electron chi connectivity index (χ0n) is 11.5. The highest BCUT2D eigenvalue weighted by Crippen LogP contribution is 2.23. The van der Waals surface area contributed by atoms with Gasteiger partial charge in [-0.05, 0) is 45.6 Å². The van der Waals surface area contributed by atoms with Crippen LogP contribution in [0.3, 0.4) is 0 Å². The first-order chi connectivity index (χ1) is 8.66. The minimum Gasteiger partial charge on any atom is -0.352 e. The quantitative estimate of drug-likeness (QED) is 0.707. The van der Waals surface area contributed by atoms with Crippen molar-refractivity contribution in [2.75, 3.05) is 6.54 Å². The van der Waals surface area contributed by atoms with Crippen molar-refractivity contribution in [2.24, 2.45) is 11.7 Å². The third-order valence-electron chi connectivity index (χ3n) is 4.41. The van der Waals surface area contributed by atoms with Crippen LogP contribution < -0.4 is 16.4 Å². The maximum absolute atomic E-state index is 12.2. The second kappa shape index (κ2) is 6.53. The Kier molecular flexibility index (Phi) is 5.01. The van der Waals surface area contributed by atoms with E-state index >= 15 is 0 Å². The third-order valence-corrected chi connectivity index (χ3v) is 4.41. The first-order valence-corrected chi connectivity index (χ1v) is 7.46. The van der Waals surface area contributed by atoms with E-state index in [1.54, 1.807) is 0 Å². The summed E-state index contributed by atoms with van der Waals surface area (Å²) in [5.74, 6) is 0.352. The van der Waals surface area contributed by atoms with Gasteiger partial charge in [-0.2, -0.15) is 0 Å². The fourth-order valence-electron chi connectivity index (χ4n) is 3.21. The van der Waals surface area contributed by atoms with E-state index < -0.39 is 0 Å². The lowest BCUT2D eigenvalue weighted by atomic mass is 9.85. The molecule has 4 N–H and O–H groups in total. The lowest BCUT2D eigenvalue weighted by molar-refractivity contribution is -0.127. The van der Waals surface area contributed by atoms with E-state index in [1.165, 1.54) is 19.3 Å². The number of rotatable bonds is 3. The lowest BCUT2D eigenvalue weighted by Crippen LogP contribution is -2.52. The van der Waals surface area contributed by atoms with Crippen molar-refractivity contribution in [2.45, 2.75) is 70.0 Å². The molecule has 1 saturated heterocycles. The summed E-state index contributed by atoms with van der Waals surface area (Å²) < 4.78 is 0. The van der Waals surface area contributed by atoms with Gasteiger partial charge in [-0.1, -0.05) is 12.8 Å². The summed E-state index contributed by atoms with van der Waals surface area (Å²) in [5.41, 5.74) is 5.94. The molecule has 18 heavy (non-hydrogen) atoms. The van der Waals surface area contributed by atoms with Crippen molar-refractivity contribution in [3.8, 4) is 0 Å². The molecule has 2 fully saturated rings. The molecule has 1 amide bonds. The summed E-state index contributed by atoms with van der Waals surface area (Å²) in [6.45, 7) is 3.20. The molecule has 0 unspecified atom stereocenters. The molecule has 2 aliphatic rings. The molecule has 104 valence electrons. The standard InChI is InChI=1S/C14H27N3O/c1-10(13-7-2-3-8-16-13)17-14(18)11-5-4-6-12(15)9-11/h10-13,16H,2-9,15H2,1H3,(H,17,18)/t10-,11+,12-,13-/m0/s1. The highest BCUT2D eigenvalue weighted by molar-refractivity contribution is 5.79. The van der Waals surface area contributed by atoms with Gasteiger partial charge in [0.15, 0.2) is 0 Å². The van der Waals surface area contributed by atoms with Crippen LogP contribution in [0, 0.1) is 5.92 Å². The summed E-state index contributed by atoms with van der Waals surface area (Å²) in [6, 6.07) is 0.897. The molecule has 0 aromatic carbocycles. The molecule has 0 aromatic rings. The second-order valence-electron chi connectivity index (χ2n) is 5.98. The number of hydrogen-bond acceptors (Lipinski definition) is 3. The van der Waals surface area contributed by atoms with E-state index in [1.807, 2.05) is 0 Å². The van der Waals surface area contributed by atoms with Crippen molar-refractivity contribution in [3.63, 3.8) is 0 Å². The zero-order chi connectivity index (χ0) is 13.0. The molecule has 1 aliphatic heterocycles. The van der Waals surface area contributed by atoms with E-state index in [2.05, 4.69) is 17.6 Å². The SMILES string of the molecule is C[C@H](NC(=O)[C@@H]1CCC[C@H](N)C1)[C@@H]1CCCCN1. The fourth-order valence-corrected chi connectivity index (χ4v) is 3.21. The van der Waals surface area contributed by atoms with Gasteiger partial charge < -0.3 is 16.4 Å². The number of hydrogen-bond donors (Lipinski definition) is 3. The second-order valence-corrected chi connectivity index (χ2v) is 5.98. The van der Waals surface area contributed by atoms with Gasteiger partial charge in [-0.3, -0.25) is 4.79 Å². The van der Waals surface area contributed by atoms with Gasteiger partial charge in [-0.25, -0.2) is 0 Å². The van der Waals surface area contributed by atoms with Crippen molar-refractivity contribution < 1.29 is 4.79 Å². The van der Waals surface area contributed by atoms with E-state index in [0.717, 1.165) is 32.2 Å². The van der Waals surface area contributed by atoms with Crippen LogP contribution in [0.1, 0.15) is 51.9 Å². The summed E-state index contributed by atoms with van der Waals surface area (Å²) in [4.78, 5) is 12.2. The van der Waals surface area contributed by atoms with Crippen LogP contribution in [0.2, 0.25) is 0 Å². The van der Waals surface area contributed by atoms with Crippen molar-refractivity contribution in [1.82, 2.24) is 10.6 Å².